The number of aromatic nitrogens is 2. The second kappa shape index (κ2) is 14.1. The molecule has 3 aromatic carbocycles. The number of hydrogen-bond donors (Lipinski definition) is 1. The number of H-pyrrole nitrogens is 1. The predicted octanol–water partition coefficient (Wildman–Crippen LogP) is 5.86. The van der Waals surface area contributed by atoms with Crippen molar-refractivity contribution in [3.63, 3.8) is 0 Å². The van der Waals surface area contributed by atoms with Crippen molar-refractivity contribution >= 4 is 11.9 Å². The fraction of sp³-hybridized carbons (Fsp3) is 0.281. The largest absolute Gasteiger partial charge is 0.497 e. The first-order valence-corrected chi connectivity index (χ1v) is 13.7. The third kappa shape index (κ3) is 7.38. The fourth-order valence-electron chi connectivity index (χ4n) is 4.68. The van der Waals surface area contributed by atoms with Crippen molar-refractivity contribution in [2.45, 2.75) is 43.9 Å². The van der Waals surface area contributed by atoms with Crippen LogP contribution in [0.25, 0.3) is 0 Å². The van der Waals surface area contributed by atoms with Crippen molar-refractivity contribution in [2.24, 2.45) is 0 Å². The van der Waals surface area contributed by atoms with E-state index in [2.05, 4.69) is 10.2 Å². The zero-order chi connectivity index (χ0) is 31.1. The lowest BCUT2D eigenvalue weighted by Gasteiger charge is -2.37. The molecule has 0 amide bonds. The number of carbonyl (C=O) groups excluding carboxylic acids is 2. The molecule has 4 unspecified atom stereocenters. The van der Waals surface area contributed by atoms with Gasteiger partial charge in [0.1, 0.15) is 30.3 Å². The summed E-state index contributed by atoms with van der Waals surface area (Å²) in [5.41, 5.74) is 0.744. The van der Waals surface area contributed by atoms with Gasteiger partial charge in [0.15, 0.2) is 6.17 Å². The Hall–Kier alpha value is -4.84. The van der Waals surface area contributed by atoms with Gasteiger partial charge in [-0.3, -0.25) is 5.10 Å². The molecule has 230 valence electrons. The van der Waals surface area contributed by atoms with Gasteiger partial charge in [0.05, 0.1) is 24.7 Å². The van der Waals surface area contributed by atoms with E-state index in [9.17, 15) is 18.4 Å². The van der Waals surface area contributed by atoms with Crippen LogP contribution in [0.4, 0.5) is 13.2 Å². The minimum absolute atomic E-state index is 0.0263. The van der Waals surface area contributed by atoms with Gasteiger partial charge >= 0.3 is 11.9 Å². The summed E-state index contributed by atoms with van der Waals surface area (Å²) in [4.78, 5) is 25.3. The Labute approximate surface area is 250 Å². The molecule has 1 aromatic heterocycles. The molecule has 9 nitrogen and oxygen atoms in total. The molecule has 1 N–H and O–H groups in total. The number of halogens is 3. The molecule has 1 fully saturated rings. The van der Waals surface area contributed by atoms with Gasteiger partial charge in [-0.25, -0.2) is 22.8 Å². The monoisotopic (exact) mass is 610 g/mol. The van der Waals surface area contributed by atoms with Gasteiger partial charge in [-0.05, 0) is 42.0 Å². The number of methoxy groups -OCH3 is 1. The van der Waals surface area contributed by atoms with Crippen LogP contribution in [-0.4, -0.2) is 60.5 Å². The van der Waals surface area contributed by atoms with Crippen LogP contribution in [0.1, 0.15) is 50.4 Å². The van der Waals surface area contributed by atoms with Crippen molar-refractivity contribution in [3.05, 3.63) is 113 Å². The molecule has 5 rings (SSSR count). The lowest BCUT2D eigenvalue weighted by atomic mass is 10.0. The number of carbonyl (C=O) groups is 2. The highest BCUT2D eigenvalue weighted by molar-refractivity contribution is 5.89. The van der Waals surface area contributed by atoms with E-state index in [1.165, 1.54) is 31.4 Å². The van der Waals surface area contributed by atoms with E-state index in [0.29, 0.717) is 11.3 Å². The standard InChI is InChI=1S/C32H29F3N2O7/c1-40-22-14-12-19(13-15-22)16-23-28(29(34)35)36-37-30(23)44-26-17-24(43-32(39)21-10-6-3-7-11-21)27(33)25(42-26)18-41-31(38)20-8-4-2-5-9-20/h2-15,24-27,29H,16-18H2,1H3,(H,36,37). The zero-order valence-electron chi connectivity index (χ0n) is 23.5. The van der Waals surface area contributed by atoms with Gasteiger partial charge in [-0.15, -0.1) is 5.10 Å². The van der Waals surface area contributed by atoms with Crippen LogP contribution in [-0.2, 0) is 20.6 Å². The van der Waals surface area contributed by atoms with Gasteiger partial charge in [0.2, 0.25) is 12.2 Å². The minimum atomic E-state index is -2.89. The summed E-state index contributed by atoms with van der Waals surface area (Å²) in [7, 11) is 1.51. The lowest BCUT2D eigenvalue weighted by molar-refractivity contribution is -0.215. The average Bonchev–Trinajstić information content (AvgIpc) is 3.44. The highest BCUT2D eigenvalue weighted by Crippen LogP contribution is 2.34. The summed E-state index contributed by atoms with van der Waals surface area (Å²) in [6.07, 6.45) is -9.13. The number of hydrogen-bond acceptors (Lipinski definition) is 8. The molecule has 0 aliphatic carbocycles. The SMILES string of the molecule is COc1ccc(Cc2c(OC3CC(OC(=O)c4ccccc4)C(F)C(COC(=O)c4ccccc4)O3)n[nH]c2C(F)F)cc1. The molecule has 1 aliphatic rings. The molecular weight excluding hydrogens is 581 g/mol. The van der Waals surface area contributed by atoms with E-state index in [-0.39, 0.29) is 35.4 Å². The number of alkyl halides is 3. The average molecular weight is 611 g/mol. The molecule has 12 heteroatoms. The summed E-state index contributed by atoms with van der Waals surface area (Å²) < 4.78 is 71.2. The Morgan fingerprint density at radius 2 is 1.59 bits per heavy atom. The van der Waals surface area contributed by atoms with Crippen LogP contribution in [0.15, 0.2) is 84.9 Å². The van der Waals surface area contributed by atoms with Gasteiger partial charge in [-0.1, -0.05) is 48.5 Å². The summed E-state index contributed by atoms with van der Waals surface area (Å²) in [6.45, 7) is -0.532. The van der Waals surface area contributed by atoms with Crippen LogP contribution in [0.2, 0.25) is 0 Å². The molecule has 1 saturated heterocycles. The highest BCUT2D eigenvalue weighted by atomic mass is 19.3. The van der Waals surface area contributed by atoms with E-state index in [0.717, 1.165) is 0 Å². The van der Waals surface area contributed by atoms with Crippen molar-refractivity contribution < 1.29 is 46.4 Å². The van der Waals surface area contributed by atoms with Gasteiger partial charge < -0.3 is 23.7 Å². The summed E-state index contributed by atoms with van der Waals surface area (Å²) in [5.74, 6) is -1.08. The van der Waals surface area contributed by atoms with Crippen LogP contribution < -0.4 is 9.47 Å². The Morgan fingerprint density at radius 3 is 2.20 bits per heavy atom. The Balaban J connectivity index is 1.36. The normalized spacial score (nSPS) is 19.8. The second-order valence-corrected chi connectivity index (χ2v) is 9.92. The number of benzene rings is 3. The Morgan fingerprint density at radius 1 is 0.955 bits per heavy atom. The first-order chi connectivity index (χ1) is 21.3. The maximum absolute atomic E-state index is 15.7. The number of rotatable bonds is 11. The number of nitrogens with one attached hydrogen (secondary N) is 1. The molecular formula is C32H29F3N2O7. The van der Waals surface area contributed by atoms with Crippen LogP contribution >= 0.6 is 0 Å². The number of nitrogens with zero attached hydrogens (tertiary/aromatic N) is 1. The molecule has 0 radical (unpaired) electrons. The Kier molecular flexibility index (Phi) is 9.80. The first kappa shape index (κ1) is 30.6. The number of aromatic amines is 1. The third-order valence-corrected chi connectivity index (χ3v) is 6.98. The molecule has 0 bridgehead atoms. The van der Waals surface area contributed by atoms with Crippen LogP contribution in [0.3, 0.4) is 0 Å². The highest BCUT2D eigenvalue weighted by Gasteiger charge is 2.44. The maximum atomic E-state index is 15.7. The topological polar surface area (TPSA) is 109 Å². The zero-order valence-corrected chi connectivity index (χ0v) is 23.5. The van der Waals surface area contributed by atoms with Crippen molar-refractivity contribution in [3.8, 4) is 11.6 Å². The maximum Gasteiger partial charge on any atom is 0.338 e. The Bertz CT molecular complexity index is 1530. The van der Waals surface area contributed by atoms with E-state index < -0.39 is 55.3 Å². The third-order valence-electron chi connectivity index (χ3n) is 6.98. The number of ether oxygens (including phenoxy) is 5. The summed E-state index contributed by atoms with van der Waals surface area (Å²) >= 11 is 0. The van der Waals surface area contributed by atoms with Gasteiger partial charge in [-0.2, -0.15) is 0 Å². The van der Waals surface area contributed by atoms with Crippen molar-refractivity contribution in [1.29, 1.82) is 0 Å². The molecule has 4 atom stereocenters. The number of esters is 2. The summed E-state index contributed by atoms with van der Waals surface area (Å²) in [5, 5.41) is 6.25. The van der Waals surface area contributed by atoms with E-state index in [4.69, 9.17) is 23.7 Å². The minimum Gasteiger partial charge on any atom is -0.497 e. The molecule has 0 spiro atoms. The lowest BCUT2D eigenvalue weighted by Crippen LogP contribution is -2.51. The molecule has 1 aliphatic heterocycles. The quantitative estimate of drug-likeness (QED) is 0.211. The van der Waals surface area contributed by atoms with E-state index in [1.54, 1.807) is 60.7 Å². The van der Waals surface area contributed by atoms with Gasteiger partial charge in [0, 0.05) is 12.0 Å². The summed E-state index contributed by atoms with van der Waals surface area (Å²) in [6, 6.07) is 22.9. The van der Waals surface area contributed by atoms with Crippen molar-refractivity contribution in [1.82, 2.24) is 10.2 Å². The van der Waals surface area contributed by atoms with E-state index in [1.807, 2.05) is 0 Å². The van der Waals surface area contributed by atoms with Crippen molar-refractivity contribution in [2.75, 3.05) is 13.7 Å². The second-order valence-electron chi connectivity index (χ2n) is 9.92. The van der Waals surface area contributed by atoms with Gasteiger partial charge in [0.25, 0.3) is 6.43 Å². The smallest absolute Gasteiger partial charge is 0.338 e. The van der Waals surface area contributed by atoms with Crippen LogP contribution in [0.5, 0.6) is 11.6 Å². The molecule has 2 heterocycles. The fourth-order valence-corrected chi connectivity index (χ4v) is 4.68. The van der Waals surface area contributed by atoms with E-state index >= 15 is 4.39 Å². The van der Waals surface area contributed by atoms with Crippen LogP contribution in [0, 0.1) is 0 Å². The molecule has 0 saturated carbocycles. The predicted molar refractivity (Wildman–Crippen MR) is 151 cm³/mol. The molecule has 44 heavy (non-hydrogen) atoms. The first-order valence-electron chi connectivity index (χ1n) is 13.7. The molecule has 4 aromatic rings.